The number of fused-ring (bicyclic) bond motifs is 1. The molecule has 1 aliphatic rings. The summed E-state index contributed by atoms with van der Waals surface area (Å²) in [6, 6.07) is 3.98. The molecule has 3 rings (SSSR count). The van der Waals surface area contributed by atoms with Crippen LogP contribution in [0.3, 0.4) is 0 Å². The minimum atomic E-state index is 0.226. The minimum Gasteiger partial charge on any atom is -0.329 e. The summed E-state index contributed by atoms with van der Waals surface area (Å²) in [6.45, 7) is 2.24. The van der Waals surface area contributed by atoms with Crippen LogP contribution in [0.15, 0.2) is 18.3 Å². The van der Waals surface area contributed by atoms with Gasteiger partial charge in [-0.2, -0.15) is 0 Å². The first-order valence-corrected chi connectivity index (χ1v) is 6.24. The zero-order valence-corrected chi connectivity index (χ0v) is 10.2. The molecule has 0 saturated heterocycles. The third kappa shape index (κ3) is 1.19. The third-order valence-electron chi connectivity index (χ3n) is 3.86. The molecule has 1 fully saturated rings. The first-order valence-electron chi connectivity index (χ1n) is 5.83. The van der Waals surface area contributed by atoms with Crippen LogP contribution >= 0.6 is 12.2 Å². The van der Waals surface area contributed by atoms with Gasteiger partial charge in [-0.25, -0.2) is 4.98 Å². The molecule has 84 valence electrons. The van der Waals surface area contributed by atoms with E-state index in [0.29, 0.717) is 0 Å². The summed E-state index contributed by atoms with van der Waals surface area (Å²) in [5, 5.41) is 0. The second-order valence-electron chi connectivity index (χ2n) is 4.57. The van der Waals surface area contributed by atoms with Crippen LogP contribution in [0.5, 0.6) is 0 Å². The molecule has 4 heteroatoms. The lowest BCUT2D eigenvalue weighted by atomic mass is 9.74. The van der Waals surface area contributed by atoms with Crippen molar-refractivity contribution in [1.29, 1.82) is 0 Å². The van der Waals surface area contributed by atoms with Gasteiger partial charge in [-0.15, -0.1) is 0 Å². The van der Waals surface area contributed by atoms with Gasteiger partial charge in [0, 0.05) is 11.7 Å². The van der Waals surface area contributed by atoms with Crippen molar-refractivity contribution >= 4 is 23.4 Å². The number of aromatic amines is 1. The van der Waals surface area contributed by atoms with E-state index in [-0.39, 0.29) is 5.54 Å². The molecule has 1 aliphatic carbocycles. The number of hydrogen-bond acceptors (Lipinski definition) is 2. The van der Waals surface area contributed by atoms with E-state index < -0.39 is 0 Å². The van der Waals surface area contributed by atoms with Crippen LogP contribution in [0.1, 0.15) is 32.6 Å². The predicted octanol–water partition coefficient (Wildman–Crippen LogP) is 3.38. The van der Waals surface area contributed by atoms with Gasteiger partial charge in [-0.3, -0.25) is 4.57 Å². The number of imidazole rings is 1. The van der Waals surface area contributed by atoms with Gasteiger partial charge in [0.25, 0.3) is 0 Å². The Bertz CT molecular complexity index is 572. The number of nitrogens with zero attached hydrogens (tertiary/aromatic N) is 2. The van der Waals surface area contributed by atoms with Crippen LogP contribution in [-0.4, -0.2) is 14.5 Å². The lowest BCUT2D eigenvalue weighted by molar-refractivity contribution is 0.139. The summed E-state index contributed by atoms with van der Waals surface area (Å²) in [4.78, 5) is 7.71. The van der Waals surface area contributed by atoms with Crippen LogP contribution in [-0.2, 0) is 5.54 Å². The Morgan fingerprint density at radius 2 is 2.38 bits per heavy atom. The molecule has 3 nitrogen and oxygen atoms in total. The first kappa shape index (κ1) is 10.0. The average molecular weight is 233 g/mol. The van der Waals surface area contributed by atoms with Gasteiger partial charge < -0.3 is 4.98 Å². The molecule has 0 amide bonds. The summed E-state index contributed by atoms with van der Waals surface area (Å²) in [5.74, 6) is 0. The Morgan fingerprint density at radius 1 is 1.56 bits per heavy atom. The maximum absolute atomic E-state index is 5.43. The molecule has 0 aromatic carbocycles. The largest absolute Gasteiger partial charge is 0.329 e. The topological polar surface area (TPSA) is 33.6 Å². The molecule has 2 aromatic heterocycles. The number of rotatable bonds is 2. The van der Waals surface area contributed by atoms with Gasteiger partial charge in [-0.1, -0.05) is 6.92 Å². The molecule has 0 spiro atoms. The average Bonchev–Trinajstić information content (AvgIpc) is 2.56. The van der Waals surface area contributed by atoms with Crippen molar-refractivity contribution in [3.63, 3.8) is 0 Å². The minimum absolute atomic E-state index is 0.226. The maximum atomic E-state index is 5.43. The fourth-order valence-electron chi connectivity index (χ4n) is 2.70. The van der Waals surface area contributed by atoms with E-state index in [1.807, 2.05) is 18.3 Å². The lowest BCUT2D eigenvalue weighted by Crippen LogP contribution is -2.40. The zero-order valence-electron chi connectivity index (χ0n) is 9.36. The summed E-state index contributed by atoms with van der Waals surface area (Å²) < 4.78 is 3.05. The Hall–Kier alpha value is -1.16. The summed E-state index contributed by atoms with van der Waals surface area (Å²) >= 11 is 5.43. The quantitative estimate of drug-likeness (QED) is 0.807. The summed E-state index contributed by atoms with van der Waals surface area (Å²) in [5.41, 5.74) is 2.28. The number of hydrogen-bond donors (Lipinski definition) is 1. The van der Waals surface area contributed by atoms with E-state index in [4.69, 9.17) is 12.2 Å². The van der Waals surface area contributed by atoms with Crippen LogP contribution in [0.4, 0.5) is 0 Å². The number of H-pyrrole nitrogens is 1. The van der Waals surface area contributed by atoms with Crippen molar-refractivity contribution < 1.29 is 0 Å². The number of pyridine rings is 1. The van der Waals surface area contributed by atoms with Crippen molar-refractivity contribution in [1.82, 2.24) is 14.5 Å². The van der Waals surface area contributed by atoms with Crippen LogP contribution in [0.25, 0.3) is 11.2 Å². The fourth-order valence-corrected chi connectivity index (χ4v) is 3.09. The normalized spacial score (nSPS) is 18.6. The highest BCUT2D eigenvalue weighted by Crippen LogP contribution is 2.43. The Kier molecular flexibility index (Phi) is 2.14. The van der Waals surface area contributed by atoms with E-state index in [9.17, 15) is 0 Å². The zero-order chi connectivity index (χ0) is 11.2. The summed E-state index contributed by atoms with van der Waals surface area (Å²) in [6.07, 6.45) is 6.71. The highest BCUT2D eigenvalue weighted by atomic mass is 32.1. The molecule has 0 radical (unpaired) electrons. The van der Waals surface area contributed by atoms with Crippen molar-refractivity contribution in [3.8, 4) is 0 Å². The SMILES string of the molecule is CCC1(n2c(=S)[nH]c3cccnc32)CCC1. The molecule has 0 atom stereocenters. The smallest absolute Gasteiger partial charge is 0.179 e. The monoisotopic (exact) mass is 233 g/mol. The molecular formula is C12H15N3S. The van der Waals surface area contributed by atoms with E-state index >= 15 is 0 Å². The van der Waals surface area contributed by atoms with Crippen molar-refractivity contribution in [3.05, 3.63) is 23.1 Å². The molecule has 2 aromatic rings. The molecule has 0 aliphatic heterocycles. The molecule has 0 unspecified atom stereocenters. The highest BCUT2D eigenvalue weighted by molar-refractivity contribution is 7.71. The Morgan fingerprint density at radius 3 is 3.00 bits per heavy atom. The number of aromatic nitrogens is 3. The van der Waals surface area contributed by atoms with E-state index in [0.717, 1.165) is 22.4 Å². The van der Waals surface area contributed by atoms with E-state index in [1.54, 1.807) is 0 Å². The highest BCUT2D eigenvalue weighted by Gasteiger charge is 2.38. The van der Waals surface area contributed by atoms with Crippen LogP contribution < -0.4 is 0 Å². The predicted molar refractivity (Wildman–Crippen MR) is 67.0 cm³/mol. The van der Waals surface area contributed by atoms with Gasteiger partial charge in [0.2, 0.25) is 0 Å². The van der Waals surface area contributed by atoms with Crippen LogP contribution in [0, 0.1) is 4.77 Å². The molecule has 0 bridgehead atoms. The Balaban J connectivity index is 2.30. The van der Waals surface area contributed by atoms with Gasteiger partial charge >= 0.3 is 0 Å². The van der Waals surface area contributed by atoms with Gasteiger partial charge in [-0.05, 0) is 50.0 Å². The Labute approximate surface area is 99.5 Å². The fraction of sp³-hybridized carbons (Fsp3) is 0.500. The summed E-state index contributed by atoms with van der Waals surface area (Å²) in [7, 11) is 0. The van der Waals surface area contributed by atoms with E-state index in [1.165, 1.54) is 19.3 Å². The van der Waals surface area contributed by atoms with E-state index in [2.05, 4.69) is 21.5 Å². The standard InChI is InChI=1S/C12H15N3S/c1-2-12(6-4-7-12)15-10-9(14-11(15)16)5-3-8-13-10/h3,5,8H,2,4,6-7H2,1H3,(H,14,16). The third-order valence-corrected chi connectivity index (χ3v) is 4.14. The maximum Gasteiger partial charge on any atom is 0.179 e. The van der Waals surface area contributed by atoms with Gasteiger partial charge in [0.05, 0.1) is 5.52 Å². The second kappa shape index (κ2) is 3.42. The molecule has 2 heterocycles. The first-order chi connectivity index (χ1) is 7.77. The molecule has 1 N–H and O–H groups in total. The van der Waals surface area contributed by atoms with Crippen LogP contribution in [0.2, 0.25) is 0 Å². The van der Waals surface area contributed by atoms with Gasteiger partial charge in [0.1, 0.15) is 0 Å². The molecular weight excluding hydrogens is 218 g/mol. The van der Waals surface area contributed by atoms with Crippen molar-refractivity contribution in [2.24, 2.45) is 0 Å². The number of nitrogens with one attached hydrogen (secondary N) is 1. The second-order valence-corrected chi connectivity index (χ2v) is 4.96. The molecule has 1 saturated carbocycles. The van der Waals surface area contributed by atoms with Crippen molar-refractivity contribution in [2.75, 3.05) is 0 Å². The van der Waals surface area contributed by atoms with Gasteiger partial charge in [0.15, 0.2) is 10.4 Å². The van der Waals surface area contributed by atoms with Crippen molar-refractivity contribution in [2.45, 2.75) is 38.1 Å². The lowest BCUT2D eigenvalue weighted by Gasteiger charge is -2.42. The molecule has 16 heavy (non-hydrogen) atoms.